The predicted molar refractivity (Wildman–Crippen MR) is 85.1 cm³/mol. The van der Waals surface area contributed by atoms with Gasteiger partial charge in [-0.1, -0.05) is 29.8 Å². The smallest absolute Gasteiger partial charge is 0.272 e. The Bertz CT molecular complexity index is 671. The number of carbonyl (C=O) groups excluding carboxylic acids is 1. The van der Waals surface area contributed by atoms with Crippen molar-refractivity contribution in [3.05, 3.63) is 53.3 Å². The quantitative estimate of drug-likeness (QED) is 0.887. The first kappa shape index (κ1) is 15.7. The third-order valence-corrected chi connectivity index (χ3v) is 4.16. The van der Waals surface area contributed by atoms with Gasteiger partial charge in [0.25, 0.3) is 5.91 Å². The predicted octanol–water partition coefficient (Wildman–Crippen LogP) is 1.16. The van der Waals surface area contributed by atoms with Crippen molar-refractivity contribution in [2.75, 3.05) is 26.3 Å². The molecule has 2 aromatic rings. The lowest BCUT2D eigenvalue weighted by Gasteiger charge is -2.41. The molecule has 0 aliphatic carbocycles. The molecule has 0 spiro atoms. The van der Waals surface area contributed by atoms with E-state index in [0.29, 0.717) is 31.8 Å². The molecule has 1 unspecified atom stereocenters. The van der Waals surface area contributed by atoms with Crippen LogP contribution in [0.1, 0.15) is 21.6 Å². The molecule has 1 aromatic heterocycles. The molecule has 6 heteroatoms. The molecule has 122 valence electrons. The average molecular weight is 315 g/mol. The lowest BCUT2D eigenvalue weighted by atomic mass is 9.92. The first-order valence-electron chi connectivity index (χ1n) is 7.71. The Morgan fingerprint density at radius 2 is 2.35 bits per heavy atom. The Kier molecular flexibility index (Phi) is 4.45. The minimum absolute atomic E-state index is 0.118. The molecular weight excluding hydrogens is 294 g/mol. The number of aromatic nitrogens is 2. The van der Waals surface area contributed by atoms with Gasteiger partial charge in [-0.15, -0.1) is 0 Å². The van der Waals surface area contributed by atoms with Crippen molar-refractivity contribution in [1.29, 1.82) is 0 Å². The van der Waals surface area contributed by atoms with E-state index >= 15 is 0 Å². The average Bonchev–Trinajstić information content (AvgIpc) is 3.09. The Balaban J connectivity index is 1.77. The number of benzene rings is 1. The van der Waals surface area contributed by atoms with E-state index in [1.165, 1.54) is 0 Å². The van der Waals surface area contributed by atoms with Crippen LogP contribution in [0.15, 0.2) is 36.5 Å². The highest BCUT2D eigenvalue weighted by Crippen LogP contribution is 2.24. The number of aliphatic hydroxyl groups excluding tert-OH is 1. The highest BCUT2D eigenvalue weighted by molar-refractivity contribution is 5.92. The minimum Gasteiger partial charge on any atom is -0.393 e. The summed E-state index contributed by atoms with van der Waals surface area (Å²) in [6.45, 7) is 3.17. The zero-order valence-corrected chi connectivity index (χ0v) is 13.2. The first-order valence-corrected chi connectivity index (χ1v) is 7.71. The van der Waals surface area contributed by atoms with Crippen LogP contribution in [0.3, 0.4) is 0 Å². The number of ether oxygens (including phenoxy) is 1. The van der Waals surface area contributed by atoms with Crippen molar-refractivity contribution in [3.8, 4) is 0 Å². The fourth-order valence-electron chi connectivity index (χ4n) is 3.02. The van der Waals surface area contributed by atoms with Gasteiger partial charge < -0.3 is 14.7 Å². The summed E-state index contributed by atoms with van der Waals surface area (Å²) in [6.07, 6.45) is 2.12. The second-order valence-corrected chi connectivity index (χ2v) is 6.05. The van der Waals surface area contributed by atoms with Gasteiger partial charge in [0.1, 0.15) is 11.3 Å². The van der Waals surface area contributed by atoms with Crippen LogP contribution in [0.2, 0.25) is 0 Å². The summed E-state index contributed by atoms with van der Waals surface area (Å²) in [7, 11) is 0. The van der Waals surface area contributed by atoms with E-state index < -0.39 is 5.60 Å². The van der Waals surface area contributed by atoms with Crippen LogP contribution in [-0.2, 0) is 11.2 Å². The lowest BCUT2D eigenvalue weighted by molar-refractivity contribution is -0.123. The molecule has 1 saturated heterocycles. The maximum absolute atomic E-state index is 12.5. The molecule has 1 aromatic carbocycles. The van der Waals surface area contributed by atoms with Crippen molar-refractivity contribution in [3.63, 3.8) is 0 Å². The Labute approximate surface area is 135 Å². The second-order valence-electron chi connectivity index (χ2n) is 6.05. The van der Waals surface area contributed by atoms with Gasteiger partial charge in [-0.25, -0.2) is 0 Å². The molecular formula is C17H21N3O3. The largest absolute Gasteiger partial charge is 0.393 e. The van der Waals surface area contributed by atoms with E-state index in [4.69, 9.17) is 4.74 Å². The van der Waals surface area contributed by atoms with E-state index in [1.54, 1.807) is 17.2 Å². The molecule has 1 amide bonds. The van der Waals surface area contributed by atoms with Crippen LogP contribution in [0.5, 0.6) is 0 Å². The summed E-state index contributed by atoms with van der Waals surface area (Å²) in [6, 6.07) is 9.77. The molecule has 0 bridgehead atoms. The topological polar surface area (TPSA) is 78.5 Å². The van der Waals surface area contributed by atoms with Crippen LogP contribution >= 0.6 is 0 Å². The van der Waals surface area contributed by atoms with Crippen LogP contribution in [0.4, 0.5) is 0 Å². The first-order chi connectivity index (χ1) is 11.1. The van der Waals surface area contributed by atoms with Gasteiger partial charge in [0, 0.05) is 19.2 Å². The molecule has 6 nitrogen and oxygen atoms in total. The van der Waals surface area contributed by atoms with Crippen molar-refractivity contribution < 1.29 is 14.6 Å². The van der Waals surface area contributed by atoms with Crippen molar-refractivity contribution in [2.24, 2.45) is 0 Å². The lowest BCUT2D eigenvalue weighted by Crippen LogP contribution is -2.56. The van der Waals surface area contributed by atoms with E-state index in [2.05, 4.69) is 16.3 Å². The van der Waals surface area contributed by atoms with Gasteiger partial charge in [-0.05, 0) is 18.6 Å². The molecule has 2 heterocycles. The summed E-state index contributed by atoms with van der Waals surface area (Å²) in [5, 5.41) is 16.4. The van der Waals surface area contributed by atoms with Gasteiger partial charge in [0.05, 0.1) is 19.8 Å². The fraction of sp³-hybridized carbons (Fsp3) is 0.412. The number of hydrogen-bond donors (Lipinski definition) is 2. The molecule has 3 rings (SSSR count). The number of nitrogens with zero attached hydrogens (tertiary/aromatic N) is 2. The van der Waals surface area contributed by atoms with E-state index in [0.717, 1.165) is 11.1 Å². The summed E-state index contributed by atoms with van der Waals surface area (Å²) in [5.41, 5.74) is 1.95. The standard InChI is InChI=1S/C17H21N3O3/c1-13-3-2-4-14(9-13)10-17(12-21)11-20(7-8-23-17)16(22)15-5-6-18-19-15/h2-6,9,21H,7-8,10-12H2,1H3,(H,18,19). The van der Waals surface area contributed by atoms with E-state index in [9.17, 15) is 9.90 Å². The maximum atomic E-state index is 12.5. The summed E-state index contributed by atoms with van der Waals surface area (Å²) in [5.74, 6) is -0.118. The van der Waals surface area contributed by atoms with Gasteiger partial charge in [-0.2, -0.15) is 5.10 Å². The van der Waals surface area contributed by atoms with Crippen LogP contribution in [0.25, 0.3) is 0 Å². The molecule has 1 fully saturated rings. The number of morpholine rings is 1. The third kappa shape index (κ3) is 3.43. The second kappa shape index (κ2) is 6.52. The number of rotatable bonds is 4. The number of nitrogens with one attached hydrogen (secondary N) is 1. The van der Waals surface area contributed by atoms with Gasteiger partial charge in [-0.3, -0.25) is 9.89 Å². The molecule has 1 atom stereocenters. The Morgan fingerprint density at radius 3 is 3.04 bits per heavy atom. The van der Waals surface area contributed by atoms with Gasteiger partial charge in [0.15, 0.2) is 0 Å². The third-order valence-electron chi connectivity index (χ3n) is 4.16. The molecule has 1 aliphatic rings. The van der Waals surface area contributed by atoms with Crippen molar-refractivity contribution in [2.45, 2.75) is 18.9 Å². The molecule has 1 aliphatic heterocycles. The summed E-state index contributed by atoms with van der Waals surface area (Å²) in [4.78, 5) is 14.2. The normalized spacial score (nSPS) is 21.4. The SMILES string of the molecule is Cc1cccc(CC2(CO)CN(C(=O)c3ccn[nH]3)CCO2)c1. The number of aryl methyl sites for hydroxylation is 1. The maximum Gasteiger partial charge on any atom is 0.272 e. The highest BCUT2D eigenvalue weighted by atomic mass is 16.5. The zero-order chi connectivity index (χ0) is 16.3. The Hall–Kier alpha value is -2.18. The number of hydrogen-bond acceptors (Lipinski definition) is 4. The van der Waals surface area contributed by atoms with Gasteiger partial charge >= 0.3 is 0 Å². The molecule has 23 heavy (non-hydrogen) atoms. The summed E-state index contributed by atoms with van der Waals surface area (Å²) >= 11 is 0. The Morgan fingerprint density at radius 1 is 1.48 bits per heavy atom. The number of H-pyrrole nitrogens is 1. The monoisotopic (exact) mass is 315 g/mol. The zero-order valence-electron chi connectivity index (χ0n) is 13.2. The van der Waals surface area contributed by atoms with Crippen LogP contribution in [-0.4, -0.2) is 58.0 Å². The van der Waals surface area contributed by atoms with E-state index in [-0.39, 0.29) is 12.5 Å². The highest BCUT2D eigenvalue weighted by Gasteiger charge is 2.38. The van der Waals surface area contributed by atoms with Crippen LogP contribution in [0, 0.1) is 6.92 Å². The van der Waals surface area contributed by atoms with Crippen molar-refractivity contribution in [1.82, 2.24) is 15.1 Å². The van der Waals surface area contributed by atoms with E-state index in [1.807, 2.05) is 25.1 Å². The molecule has 0 radical (unpaired) electrons. The summed E-state index contributed by atoms with van der Waals surface area (Å²) < 4.78 is 5.89. The molecule has 0 saturated carbocycles. The number of amides is 1. The van der Waals surface area contributed by atoms with Gasteiger partial charge in [0.2, 0.25) is 0 Å². The number of carbonyl (C=O) groups is 1. The van der Waals surface area contributed by atoms with Crippen molar-refractivity contribution >= 4 is 5.91 Å². The van der Waals surface area contributed by atoms with Crippen LogP contribution < -0.4 is 0 Å². The minimum atomic E-state index is -0.762. The molecule has 2 N–H and O–H groups in total. The number of aromatic amines is 1. The number of aliphatic hydroxyl groups is 1. The fourth-order valence-corrected chi connectivity index (χ4v) is 3.02.